The number of rotatable bonds is 16. The van der Waals surface area contributed by atoms with Gasteiger partial charge in [-0.1, -0.05) is 54.2 Å². The van der Waals surface area contributed by atoms with Gasteiger partial charge in [-0.3, -0.25) is 9.59 Å². The molecule has 3 heterocycles. The number of halogens is 1. The smallest absolute Gasteiger partial charge is 0.251 e. The first-order valence-electron chi connectivity index (χ1n) is 15.2. The highest BCUT2D eigenvalue weighted by molar-refractivity contribution is 9.09. The van der Waals surface area contributed by atoms with E-state index in [1.807, 2.05) is 35.1 Å². The predicted octanol–water partition coefficient (Wildman–Crippen LogP) is 6.38. The average Bonchev–Trinajstić information content (AvgIpc) is 3.41. The zero-order chi connectivity index (χ0) is 29.0. The number of aryl methyl sites for hydroxylation is 2. The summed E-state index contributed by atoms with van der Waals surface area (Å²) >= 11 is 3.46. The van der Waals surface area contributed by atoms with Crippen molar-refractivity contribution in [3.05, 3.63) is 52.8 Å². The van der Waals surface area contributed by atoms with Crippen LogP contribution in [0, 0.1) is 0 Å². The van der Waals surface area contributed by atoms with E-state index in [9.17, 15) is 9.59 Å². The van der Waals surface area contributed by atoms with Crippen LogP contribution in [0.15, 0.2) is 30.5 Å². The van der Waals surface area contributed by atoms with Crippen LogP contribution in [-0.4, -0.2) is 51.0 Å². The number of aromatic nitrogens is 3. The van der Waals surface area contributed by atoms with Gasteiger partial charge in [0.2, 0.25) is 0 Å². The number of anilines is 1. The quantitative estimate of drug-likeness (QED) is 0.142. The Kier molecular flexibility index (Phi) is 12.2. The summed E-state index contributed by atoms with van der Waals surface area (Å²) in [6.07, 6.45) is 11.0. The molecular formula is C32H44BrN5O3. The highest BCUT2D eigenvalue weighted by atomic mass is 79.9. The van der Waals surface area contributed by atoms with E-state index in [4.69, 9.17) is 9.72 Å². The molecule has 41 heavy (non-hydrogen) atoms. The van der Waals surface area contributed by atoms with Crippen LogP contribution < -0.4 is 10.6 Å². The Morgan fingerprint density at radius 3 is 2.63 bits per heavy atom. The van der Waals surface area contributed by atoms with E-state index in [2.05, 4.69) is 45.5 Å². The van der Waals surface area contributed by atoms with Gasteiger partial charge in [-0.15, -0.1) is 0 Å². The summed E-state index contributed by atoms with van der Waals surface area (Å²) in [6.45, 7) is 6.73. The third kappa shape index (κ3) is 8.61. The monoisotopic (exact) mass is 625 g/mol. The first-order chi connectivity index (χ1) is 20.0. The van der Waals surface area contributed by atoms with E-state index >= 15 is 0 Å². The van der Waals surface area contributed by atoms with Gasteiger partial charge in [0.15, 0.2) is 5.65 Å². The van der Waals surface area contributed by atoms with Gasteiger partial charge < -0.3 is 15.4 Å². The molecule has 0 spiro atoms. The first-order valence-corrected chi connectivity index (χ1v) is 16.3. The van der Waals surface area contributed by atoms with Crippen LogP contribution in [0.1, 0.15) is 92.4 Å². The molecule has 1 saturated heterocycles. The second-order valence-electron chi connectivity index (χ2n) is 10.8. The van der Waals surface area contributed by atoms with Crippen molar-refractivity contribution in [2.75, 3.05) is 23.9 Å². The van der Waals surface area contributed by atoms with Crippen molar-refractivity contribution < 1.29 is 14.3 Å². The highest BCUT2D eigenvalue weighted by Crippen LogP contribution is 2.31. The summed E-state index contributed by atoms with van der Waals surface area (Å²) in [6, 6.07) is 7.74. The van der Waals surface area contributed by atoms with Crippen molar-refractivity contribution >= 4 is 44.3 Å². The van der Waals surface area contributed by atoms with Crippen LogP contribution >= 0.6 is 15.9 Å². The van der Waals surface area contributed by atoms with E-state index in [0.717, 1.165) is 90.7 Å². The molecule has 0 saturated carbocycles. The van der Waals surface area contributed by atoms with Crippen LogP contribution in [-0.2, 0) is 35.5 Å². The summed E-state index contributed by atoms with van der Waals surface area (Å²) < 4.78 is 7.49. The number of Topliss-reactive ketones (excluding diaryl/α,β-unsaturated/α-hetero) is 1. The molecule has 0 radical (unpaired) electrons. The van der Waals surface area contributed by atoms with Gasteiger partial charge in [-0.05, 0) is 56.7 Å². The topological polar surface area (TPSA) is 98.1 Å². The highest BCUT2D eigenvalue weighted by Gasteiger charge is 2.22. The second-order valence-corrected chi connectivity index (χ2v) is 11.6. The minimum absolute atomic E-state index is 0.158. The van der Waals surface area contributed by atoms with E-state index in [1.54, 1.807) is 0 Å². The minimum atomic E-state index is -0.158. The van der Waals surface area contributed by atoms with E-state index in [0.29, 0.717) is 31.0 Å². The zero-order valence-electron chi connectivity index (χ0n) is 24.5. The number of ether oxygens (including phenoxy) is 1. The Morgan fingerprint density at radius 1 is 1.10 bits per heavy atom. The number of hydrogen-bond acceptors (Lipinski definition) is 6. The van der Waals surface area contributed by atoms with Crippen LogP contribution in [0.4, 0.5) is 5.69 Å². The molecule has 1 fully saturated rings. The van der Waals surface area contributed by atoms with Gasteiger partial charge in [0.05, 0.1) is 17.3 Å². The van der Waals surface area contributed by atoms with Crippen molar-refractivity contribution in [1.82, 2.24) is 20.1 Å². The summed E-state index contributed by atoms with van der Waals surface area (Å²) in [7, 11) is 0. The molecule has 4 rings (SSSR count). The lowest BCUT2D eigenvalue weighted by Crippen LogP contribution is -2.30. The molecule has 222 valence electrons. The molecule has 2 N–H and O–H groups in total. The van der Waals surface area contributed by atoms with Crippen LogP contribution in [0.5, 0.6) is 0 Å². The summed E-state index contributed by atoms with van der Waals surface area (Å²) in [4.78, 5) is 30.8. The van der Waals surface area contributed by atoms with E-state index in [1.165, 1.54) is 19.3 Å². The number of pyridine rings is 1. The molecule has 1 aromatic carbocycles. The SMILES string of the molecule is CCc1nc2c(cnn2CC)c(NC2CCOCC2)c1CNC(=O)c1cccc(CC(=O)CCCCCCCBr)c1. The van der Waals surface area contributed by atoms with Gasteiger partial charge in [0, 0.05) is 67.3 Å². The summed E-state index contributed by atoms with van der Waals surface area (Å²) in [5.41, 5.74) is 5.27. The maximum absolute atomic E-state index is 13.3. The van der Waals surface area contributed by atoms with Gasteiger partial charge in [-0.2, -0.15) is 5.10 Å². The Morgan fingerprint density at radius 2 is 1.88 bits per heavy atom. The second kappa shape index (κ2) is 16.0. The largest absolute Gasteiger partial charge is 0.381 e. The summed E-state index contributed by atoms with van der Waals surface area (Å²) in [5.74, 6) is 0.0704. The Labute approximate surface area is 252 Å². The maximum atomic E-state index is 13.3. The van der Waals surface area contributed by atoms with Crippen LogP contribution in [0.2, 0.25) is 0 Å². The zero-order valence-corrected chi connectivity index (χ0v) is 26.1. The fourth-order valence-corrected chi connectivity index (χ4v) is 5.85. The number of nitrogens with one attached hydrogen (secondary N) is 2. The molecule has 0 atom stereocenters. The lowest BCUT2D eigenvalue weighted by Gasteiger charge is -2.26. The average molecular weight is 627 g/mol. The van der Waals surface area contributed by atoms with Crippen molar-refractivity contribution in [3.63, 3.8) is 0 Å². The van der Waals surface area contributed by atoms with Gasteiger partial charge >= 0.3 is 0 Å². The van der Waals surface area contributed by atoms with Crippen molar-refractivity contribution in [2.24, 2.45) is 0 Å². The Hall–Kier alpha value is -2.78. The third-order valence-electron chi connectivity index (χ3n) is 7.78. The predicted molar refractivity (Wildman–Crippen MR) is 168 cm³/mol. The molecule has 8 nitrogen and oxygen atoms in total. The number of nitrogens with zero attached hydrogens (tertiary/aromatic N) is 3. The van der Waals surface area contributed by atoms with Gasteiger partial charge in [0.25, 0.3) is 5.91 Å². The number of carbonyl (C=O) groups excluding carboxylic acids is 2. The number of amides is 1. The fraction of sp³-hybridized carbons (Fsp3) is 0.562. The molecule has 1 amide bonds. The van der Waals surface area contributed by atoms with Crippen LogP contribution in [0.3, 0.4) is 0 Å². The fourth-order valence-electron chi connectivity index (χ4n) is 5.46. The number of unbranched alkanes of at least 4 members (excludes halogenated alkanes) is 4. The lowest BCUT2D eigenvalue weighted by molar-refractivity contribution is -0.118. The molecule has 0 unspecified atom stereocenters. The molecule has 1 aliphatic heterocycles. The number of hydrogen-bond donors (Lipinski definition) is 2. The maximum Gasteiger partial charge on any atom is 0.251 e. The molecule has 1 aliphatic rings. The third-order valence-corrected chi connectivity index (χ3v) is 8.34. The lowest BCUT2D eigenvalue weighted by atomic mass is 10.0. The summed E-state index contributed by atoms with van der Waals surface area (Å²) in [5, 5.41) is 13.5. The normalized spacial score (nSPS) is 13.9. The van der Waals surface area contributed by atoms with Crippen molar-refractivity contribution in [1.29, 1.82) is 0 Å². The molecule has 2 aromatic heterocycles. The number of benzene rings is 1. The van der Waals surface area contributed by atoms with Crippen molar-refractivity contribution in [3.8, 4) is 0 Å². The number of carbonyl (C=O) groups is 2. The van der Waals surface area contributed by atoms with Crippen molar-refractivity contribution in [2.45, 2.75) is 97.2 Å². The Balaban J connectivity index is 1.45. The van der Waals surface area contributed by atoms with E-state index < -0.39 is 0 Å². The van der Waals surface area contributed by atoms with Gasteiger partial charge in [-0.25, -0.2) is 9.67 Å². The molecule has 0 bridgehead atoms. The van der Waals surface area contributed by atoms with Crippen LogP contribution in [0.25, 0.3) is 11.0 Å². The number of alkyl halides is 1. The molecule has 0 aliphatic carbocycles. The number of ketones is 1. The standard InChI is InChI=1S/C32H44BrN5O3/c1-3-29-27(30(36-25-14-17-41-18-15-25)28-22-35-38(4-2)31(28)37-29)21-34-32(40)24-12-10-11-23(19-24)20-26(39)13-8-6-5-7-9-16-33/h10-12,19,22,25H,3-9,13-18,20-21H2,1-2H3,(H,34,40)(H,36,37). The molecule has 9 heteroatoms. The molecule has 3 aromatic rings. The minimum Gasteiger partial charge on any atom is -0.381 e. The van der Waals surface area contributed by atoms with E-state index in [-0.39, 0.29) is 11.7 Å². The molecular weight excluding hydrogens is 582 g/mol. The van der Waals surface area contributed by atoms with Gasteiger partial charge in [0.1, 0.15) is 5.78 Å². The number of fused-ring (bicyclic) bond motifs is 1. The Bertz CT molecular complexity index is 1300. The first kappa shape index (κ1) is 31.2.